The van der Waals surface area contributed by atoms with Gasteiger partial charge in [-0.05, 0) is 60.9 Å². The minimum atomic E-state index is 0.304. The van der Waals surface area contributed by atoms with Crippen LogP contribution >= 0.6 is 11.6 Å². The van der Waals surface area contributed by atoms with E-state index < -0.39 is 0 Å². The van der Waals surface area contributed by atoms with Gasteiger partial charge in [0.2, 0.25) is 5.91 Å². The van der Waals surface area contributed by atoms with Crippen molar-refractivity contribution in [3.63, 3.8) is 0 Å². The fourth-order valence-electron chi connectivity index (χ4n) is 3.06. The Labute approximate surface area is 181 Å². The van der Waals surface area contributed by atoms with Crippen LogP contribution in [0.5, 0.6) is 0 Å². The second kappa shape index (κ2) is 12.3. The molecule has 4 heteroatoms. The van der Waals surface area contributed by atoms with Gasteiger partial charge >= 0.3 is 0 Å². The molecule has 0 N–H and O–H groups in total. The minimum Gasteiger partial charge on any atom is -0.345 e. The summed E-state index contributed by atoms with van der Waals surface area (Å²) in [5, 5.41) is 9.00. The minimum absolute atomic E-state index is 0.304. The van der Waals surface area contributed by atoms with E-state index in [4.69, 9.17) is 16.9 Å². The highest BCUT2D eigenvalue weighted by Crippen LogP contribution is 2.23. The lowest BCUT2D eigenvalue weighted by atomic mass is 9.95. The number of hydrogen-bond donors (Lipinski definition) is 0. The first-order chi connectivity index (χ1) is 13.7. The van der Waals surface area contributed by atoms with Gasteiger partial charge in [0.1, 0.15) is 6.07 Å². The van der Waals surface area contributed by atoms with E-state index in [0.29, 0.717) is 28.3 Å². The molecule has 1 fully saturated rings. The molecular formula is C25H33ClN2O. The number of carbonyl (C=O) groups excluding carboxylic acids is 1. The van der Waals surface area contributed by atoms with Crippen LogP contribution in [-0.4, -0.2) is 24.4 Å². The van der Waals surface area contributed by atoms with E-state index in [9.17, 15) is 4.79 Å². The van der Waals surface area contributed by atoms with Crippen LogP contribution in [0.4, 0.5) is 0 Å². The fraction of sp³-hybridized carbons (Fsp3) is 0.440. The average Bonchev–Trinajstić information content (AvgIpc) is 3.02. The van der Waals surface area contributed by atoms with Crippen molar-refractivity contribution in [2.45, 2.75) is 47.5 Å². The maximum atomic E-state index is 11.0. The smallest absolute Gasteiger partial charge is 0.222 e. The molecule has 2 aromatic rings. The van der Waals surface area contributed by atoms with Crippen LogP contribution in [0.25, 0.3) is 0 Å². The van der Waals surface area contributed by atoms with E-state index >= 15 is 0 Å². The normalized spacial score (nSPS) is 15.2. The number of aryl methyl sites for hydroxylation is 3. The quantitative estimate of drug-likeness (QED) is 0.589. The Bertz CT molecular complexity index is 839. The highest BCUT2D eigenvalue weighted by atomic mass is 35.5. The number of nitrogens with zero attached hydrogens (tertiary/aromatic N) is 2. The number of likely N-dealkylation sites (tertiary alicyclic amines) is 1. The summed E-state index contributed by atoms with van der Waals surface area (Å²) in [6.45, 7) is 11.6. The zero-order valence-electron chi connectivity index (χ0n) is 18.5. The summed E-state index contributed by atoms with van der Waals surface area (Å²) in [6, 6.07) is 15.8. The predicted molar refractivity (Wildman–Crippen MR) is 122 cm³/mol. The third-order valence-electron chi connectivity index (χ3n) is 5.20. The number of hydrogen-bond acceptors (Lipinski definition) is 2. The van der Waals surface area contributed by atoms with Gasteiger partial charge in [-0.1, -0.05) is 62.7 Å². The van der Waals surface area contributed by atoms with Crippen LogP contribution in [-0.2, 0) is 11.2 Å². The summed E-state index contributed by atoms with van der Waals surface area (Å²) in [7, 11) is 1.88. The Morgan fingerprint density at radius 2 is 1.86 bits per heavy atom. The number of nitriles is 1. The zero-order chi connectivity index (χ0) is 22.0. The summed E-state index contributed by atoms with van der Waals surface area (Å²) < 4.78 is 0. The monoisotopic (exact) mass is 412 g/mol. The molecule has 2 aromatic carbocycles. The summed E-state index contributed by atoms with van der Waals surface area (Å²) in [6.07, 6.45) is 1.90. The van der Waals surface area contributed by atoms with Gasteiger partial charge in [-0.15, -0.1) is 0 Å². The Morgan fingerprint density at radius 3 is 2.24 bits per heavy atom. The predicted octanol–water partition coefficient (Wildman–Crippen LogP) is 6.20. The number of carbonyl (C=O) groups is 1. The Morgan fingerprint density at radius 1 is 1.21 bits per heavy atom. The second-order valence-corrected chi connectivity index (χ2v) is 8.26. The molecule has 1 amide bonds. The van der Waals surface area contributed by atoms with E-state index in [-0.39, 0.29) is 0 Å². The zero-order valence-corrected chi connectivity index (χ0v) is 19.3. The summed E-state index contributed by atoms with van der Waals surface area (Å²) in [4.78, 5) is 12.8. The van der Waals surface area contributed by atoms with Crippen LogP contribution in [0.15, 0.2) is 42.5 Å². The first-order valence-electron chi connectivity index (χ1n) is 10.1. The van der Waals surface area contributed by atoms with Gasteiger partial charge in [-0.25, -0.2) is 0 Å². The molecule has 1 aliphatic heterocycles. The van der Waals surface area contributed by atoms with Gasteiger partial charge in [0.05, 0.1) is 10.6 Å². The molecule has 0 aliphatic carbocycles. The van der Waals surface area contributed by atoms with E-state index in [0.717, 1.165) is 24.9 Å². The van der Waals surface area contributed by atoms with Gasteiger partial charge in [0, 0.05) is 20.0 Å². The third-order valence-corrected chi connectivity index (χ3v) is 5.51. The fourth-order valence-corrected chi connectivity index (χ4v) is 3.34. The highest BCUT2D eigenvalue weighted by molar-refractivity contribution is 6.31. The van der Waals surface area contributed by atoms with Crippen LogP contribution in [0.3, 0.4) is 0 Å². The SMILES string of the molecule is CC(C)C1CC(=O)N(C)C1.CCc1ccccc1C.Cc1ccc(C#N)c(Cl)c1. The van der Waals surface area contributed by atoms with E-state index in [1.54, 1.807) is 12.1 Å². The molecule has 0 aromatic heterocycles. The average molecular weight is 413 g/mol. The van der Waals surface area contributed by atoms with Gasteiger partial charge in [0.25, 0.3) is 0 Å². The van der Waals surface area contributed by atoms with E-state index in [1.807, 2.05) is 31.0 Å². The summed E-state index contributed by atoms with van der Waals surface area (Å²) >= 11 is 5.71. The van der Waals surface area contributed by atoms with E-state index in [1.165, 1.54) is 11.1 Å². The van der Waals surface area contributed by atoms with Crippen LogP contribution < -0.4 is 0 Å². The largest absolute Gasteiger partial charge is 0.345 e. The second-order valence-electron chi connectivity index (χ2n) is 7.86. The lowest BCUT2D eigenvalue weighted by Crippen LogP contribution is -2.19. The topological polar surface area (TPSA) is 44.1 Å². The first-order valence-corrected chi connectivity index (χ1v) is 10.5. The Hall–Kier alpha value is -2.31. The summed E-state index contributed by atoms with van der Waals surface area (Å²) in [5.74, 6) is 1.55. The molecular weight excluding hydrogens is 380 g/mol. The van der Waals surface area contributed by atoms with Crippen molar-refractivity contribution in [2.75, 3.05) is 13.6 Å². The molecule has 3 rings (SSSR count). The van der Waals surface area contributed by atoms with Crippen molar-refractivity contribution in [3.8, 4) is 6.07 Å². The van der Waals surface area contributed by atoms with Crippen LogP contribution in [0, 0.1) is 37.0 Å². The molecule has 1 heterocycles. The maximum absolute atomic E-state index is 11.0. The molecule has 1 unspecified atom stereocenters. The van der Waals surface area contributed by atoms with Crippen LogP contribution in [0.2, 0.25) is 5.02 Å². The molecule has 29 heavy (non-hydrogen) atoms. The van der Waals surface area contributed by atoms with Crippen molar-refractivity contribution < 1.29 is 4.79 Å². The molecule has 156 valence electrons. The van der Waals surface area contributed by atoms with Crippen molar-refractivity contribution >= 4 is 17.5 Å². The number of benzene rings is 2. The molecule has 1 aliphatic rings. The molecule has 0 radical (unpaired) electrons. The first kappa shape index (κ1) is 24.7. The molecule has 1 atom stereocenters. The highest BCUT2D eigenvalue weighted by Gasteiger charge is 2.28. The molecule has 0 saturated carbocycles. The standard InChI is InChI=1S/C9H12.C8H6ClN.C8H15NO/c1-3-9-7-5-4-6-8(9)2;1-6-2-3-7(5-10)8(9)4-6;1-6(2)7-4-8(10)9(3)5-7/h4-7H,3H2,1-2H3;2-4H,1H3;6-7H,4-5H2,1-3H3. The number of rotatable bonds is 2. The molecule has 1 saturated heterocycles. The summed E-state index contributed by atoms with van der Waals surface area (Å²) in [5.41, 5.74) is 4.47. The van der Waals surface area contributed by atoms with Gasteiger partial charge in [-0.3, -0.25) is 4.79 Å². The number of amides is 1. The molecule has 0 bridgehead atoms. The van der Waals surface area contributed by atoms with Gasteiger partial charge < -0.3 is 4.90 Å². The Kier molecular flexibility index (Phi) is 10.5. The lowest BCUT2D eigenvalue weighted by Gasteiger charge is -2.12. The lowest BCUT2D eigenvalue weighted by molar-refractivity contribution is -0.126. The van der Waals surface area contributed by atoms with Crippen molar-refractivity contribution in [2.24, 2.45) is 11.8 Å². The Balaban J connectivity index is 0.000000218. The van der Waals surface area contributed by atoms with E-state index in [2.05, 4.69) is 52.0 Å². The molecule has 0 spiro atoms. The van der Waals surface area contributed by atoms with Gasteiger partial charge in [-0.2, -0.15) is 5.26 Å². The van der Waals surface area contributed by atoms with Gasteiger partial charge in [0.15, 0.2) is 0 Å². The maximum Gasteiger partial charge on any atom is 0.222 e. The van der Waals surface area contributed by atoms with Crippen molar-refractivity contribution in [1.29, 1.82) is 5.26 Å². The molecule has 3 nitrogen and oxygen atoms in total. The van der Waals surface area contributed by atoms with Crippen LogP contribution in [0.1, 0.15) is 49.4 Å². The number of halogens is 1. The van der Waals surface area contributed by atoms with Crippen molar-refractivity contribution in [1.82, 2.24) is 4.90 Å². The van der Waals surface area contributed by atoms with Crippen molar-refractivity contribution in [3.05, 3.63) is 69.7 Å². The third kappa shape index (κ3) is 8.30.